The van der Waals surface area contributed by atoms with Gasteiger partial charge in [0.15, 0.2) is 0 Å². The molecular weight excluding hydrogens is 397 g/mol. The maximum Gasteiger partial charge on any atom is 0.258 e. The van der Waals surface area contributed by atoms with Gasteiger partial charge in [-0.3, -0.25) is 14.4 Å². The third-order valence-electron chi connectivity index (χ3n) is 4.77. The second kappa shape index (κ2) is 9.52. The molecule has 0 atom stereocenters. The SMILES string of the molecule is O=C(CNC(=O)c1ccccc1)NC1CCN(C(=O)c2c(F)cccc2Cl)CC1. The monoisotopic (exact) mass is 417 g/mol. The largest absolute Gasteiger partial charge is 0.352 e. The molecular formula is C21H21ClFN3O3. The molecule has 152 valence electrons. The number of rotatable bonds is 5. The van der Waals surface area contributed by atoms with Gasteiger partial charge in [0, 0.05) is 24.7 Å². The van der Waals surface area contributed by atoms with Gasteiger partial charge in [0.05, 0.1) is 17.1 Å². The minimum absolute atomic E-state index is 0.0829. The Balaban J connectivity index is 1.45. The fourth-order valence-corrected chi connectivity index (χ4v) is 3.46. The summed E-state index contributed by atoms with van der Waals surface area (Å²) in [4.78, 5) is 38.2. The maximum atomic E-state index is 14.0. The number of piperidine rings is 1. The van der Waals surface area contributed by atoms with Crippen LogP contribution in [0.5, 0.6) is 0 Å². The molecule has 0 aliphatic carbocycles. The van der Waals surface area contributed by atoms with Crippen molar-refractivity contribution in [3.8, 4) is 0 Å². The molecule has 2 aromatic rings. The van der Waals surface area contributed by atoms with Crippen LogP contribution >= 0.6 is 11.6 Å². The van der Waals surface area contributed by atoms with E-state index in [1.54, 1.807) is 30.3 Å². The zero-order valence-corrected chi connectivity index (χ0v) is 16.4. The molecule has 0 aromatic heterocycles. The Kier molecular flexibility index (Phi) is 6.82. The van der Waals surface area contributed by atoms with E-state index < -0.39 is 11.7 Å². The summed E-state index contributed by atoms with van der Waals surface area (Å²) >= 11 is 5.97. The smallest absolute Gasteiger partial charge is 0.258 e. The Labute approximate surface area is 173 Å². The zero-order chi connectivity index (χ0) is 20.8. The van der Waals surface area contributed by atoms with E-state index in [4.69, 9.17) is 11.6 Å². The van der Waals surface area contributed by atoms with Crippen molar-refractivity contribution in [3.05, 3.63) is 70.5 Å². The van der Waals surface area contributed by atoms with Gasteiger partial charge in [-0.15, -0.1) is 0 Å². The molecule has 0 bridgehead atoms. The summed E-state index contributed by atoms with van der Waals surface area (Å²) < 4.78 is 14.0. The predicted molar refractivity (Wildman–Crippen MR) is 107 cm³/mol. The number of nitrogens with one attached hydrogen (secondary N) is 2. The molecule has 3 amide bonds. The number of carbonyl (C=O) groups excluding carboxylic acids is 3. The first-order valence-electron chi connectivity index (χ1n) is 9.31. The van der Waals surface area contributed by atoms with Crippen LogP contribution in [0.2, 0.25) is 5.02 Å². The summed E-state index contributed by atoms with van der Waals surface area (Å²) in [5.74, 6) is -1.71. The lowest BCUT2D eigenvalue weighted by Gasteiger charge is -2.32. The summed E-state index contributed by atoms with van der Waals surface area (Å²) in [7, 11) is 0. The number of halogens is 2. The normalized spacial score (nSPS) is 14.3. The van der Waals surface area contributed by atoms with Crippen LogP contribution in [-0.2, 0) is 4.79 Å². The average molecular weight is 418 g/mol. The second-order valence-electron chi connectivity index (χ2n) is 6.78. The molecule has 0 unspecified atom stereocenters. The molecule has 29 heavy (non-hydrogen) atoms. The summed E-state index contributed by atoms with van der Waals surface area (Å²) in [6.45, 7) is 0.632. The van der Waals surface area contributed by atoms with Gasteiger partial charge in [-0.25, -0.2) is 4.39 Å². The molecule has 1 aliphatic rings. The van der Waals surface area contributed by atoms with Crippen molar-refractivity contribution >= 4 is 29.3 Å². The van der Waals surface area contributed by atoms with Crippen LogP contribution in [0.3, 0.4) is 0 Å². The fourth-order valence-electron chi connectivity index (χ4n) is 3.22. The highest BCUT2D eigenvalue weighted by atomic mass is 35.5. The second-order valence-corrected chi connectivity index (χ2v) is 7.19. The van der Waals surface area contributed by atoms with E-state index in [0.29, 0.717) is 31.5 Å². The fraction of sp³-hybridized carbons (Fsp3) is 0.286. The zero-order valence-electron chi connectivity index (χ0n) is 15.7. The first kappa shape index (κ1) is 20.8. The Hall–Kier alpha value is -2.93. The number of hydrogen-bond donors (Lipinski definition) is 2. The molecule has 0 spiro atoms. The highest BCUT2D eigenvalue weighted by Gasteiger charge is 2.27. The lowest BCUT2D eigenvalue weighted by Crippen LogP contribution is -2.48. The maximum absolute atomic E-state index is 14.0. The van der Waals surface area contributed by atoms with Gasteiger partial charge in [-0.1, -0.05) is 35.9 Å². The Morgan fingerprint density at radius 1 is 1.03 bits per heavy atom. The number of nitrogens with zero attached hydrogens (tertiary/aromatic N) is 1. The van der Waals surface area contributed by atoms with Crippen LogP contribution in [0.1, 0.15) is 33.6 Å². The van der Waals surface area contributed by atoms with E-state index in [2.05, 4.69) is 10.6 Å². The van der Waals surface area contributed by atoms with Gasteiger partial charge in [0.25, 0.3) is 11.8 Å². The number of carbonyl (C=O) groups is 3. The first-order valence-corrected chi connectivity index (χ1v) is 9.69. The molecule has 2 N–H and O–H groups in total. The van der Waals surface area contributed by atoms with Crippen LogP contribution in [0.15, 0.2) is 48.5 Å². The number of likely N-dealkylation sites (tertiary alicyclic amines) is 1. The molecule has 0 saturated carbocycles. The molecule has 2 aromatic carbocycles. The van der Waals surface area contributed by atoms with Gasteiger partial charge in [0.2, 0.25) is 5.91 Å². The summed E-state index contributed by atoms with van der Waals surface area (Å²) in [5, 5.41) is 5.52. The van der Waals surface area contributed by atoms with E-state index in [1.165, 1.54) is 23.1 Å². The van der Waals surface area contributed by atoms with Crippen LogP contribution in [-0.4, -0.2) is 48.3 Å². The van der Waals surface area contributed by atoms with Gasteiger partial charge in [-0.05, 0) is 37.1 Å². The van der Waals surface area contributed by atoms with Crippen molar-refractivity contribution in [2.24, 2.45) is 0 Å². The molecule has 6 nitrogen and oxygen atoms in total. The summed E-state index contributed by atoms with van der Waals surface area (Å²) in [6, 6.07) is 12.7. The lowest BCUT2D eigenvalue weighted by molar-refractivity contribution is -0.121. The van der Waals surface area contributed by atoms with Crippen LogP contribution < -0.4 is 10.6 Å². The predicted octanol–water partition coefficient (Wildman–Crippen LogP) is 2.63. The van der Waals surface area contributed by atoms with Gasteiger partial charge in [0.1, 0.15) is 5.82 Å². The van der Waals surface area contributed by atoms with Crippen molar-refractivity contribution in [2.75, 3.05) is 19.6 Å². The molecule has 3 rings (SSSR count). The molecule has 8 heteroatoms. The van der Waals surface area contributed by atoms with Gasteiger partial charge in [-0.2, -0.15) is 0 Å². The molecule has 1 aliphatic heterocycles. The minimum atomic E-state index is -0.646. The quantitative estimate of drug-likeness (QED) is 0.785. The van der Waals surface area contributed by atoms with E-state index in [-0.39, 0.29) is 35.0 Å². The summed E-state index contributed by atoms with van der Waals surface area (Å²) in [6.07, 6.45) is 1.08. The van der Waals surface area contributed by atoms with E-state index in [0.717, 1.165) is 0 Å². The Morgan fingerprint density at radius 2 is 1.72 bits per heavy atom. The number of benzene rings is 2. The first-order chi connectivity index (χ1) is 14.0. The van der Waals surface area contributed by atoms with Crippen molar-refractivity contribution in [1.29, 1.82) is 0 Å². The highest BCUT2D eigenvalue weighted by Crippen LogP contribution is 2.22. The summed E-state index contributed by atoms with van der Waals surface area (Å²) in [5.41, 5.74) is 0.360. The minimum Gasteiger partial charge on any atom is -0.352 e. The van der Waals surface area contributed by atoms with Crippen LogP contribution in [0, 0.1) is 5.82 Å². The van der Waals surface area contributed by atoms with Crippen molar-refractivity contribution in [1.82, 2.24) is 15.5 Å². The topological polar surface area (TPSA) is 78.5 Å². The third-order valence-corrected chi connectivity index (χ3v) is 5.08. The highest BCUT2D eigenvalue weighted by molar-refractivity contribution is 6.33. The molecule has 0 radical (unpaired) electrons. The third kappa shape index (κ3) is 5.32. The van der Waals surface area contributed by atoms with Crippen molar-refractivity contribution in [2.45, 2.75) is 18.9 Å². The van der Waals surface area contributed by atoms with E-state index in [1.807, 2.05) is 0 Å². The van der Waals surface area contributed by atoms with Crippen LogP contribution in [0.4, 0.5) is 4.39 Å². The van der Waals surface area contributed by atoms with Gasteiger partial charge >= 0.3 is 0 Å². The van der Waals surface area contributed by atoms with Crippen molar-refractivity contribution < 1.29 is 18.8 Å². The lowest BCUT2D eigenvalue weighted by atomic mass is 10.0. The van der Waals surface area contributed by atoms with E-state index >= 15 is 0 Å². The molecule has 1 saturated heterocycles. The van der Waals surface area contributed by atoms with Gasteiger partial charge < -0.3 is 15.5 Å². The Bertz CT molecular complexity index is 879. The van der Waals surface area contributed by atoms with Crippen LogP contribution in [0.25, 0.3) is 0 Å². The number of hydrogen-bond acceptors (Lipinski definition) is 3. The standard InChI is InChI=1S/C21H21ClFN3O3/c22-16-7-4-8-17(23)19(16)21(29)26-11-9-15(10-12-26)25-18(27)13-24-20(28)14-5-2-1-3-6-14/h1-8,15H,9-13H2,(H,24,28)(H,25,27). The molecule has 1 fully saturated rings. The number of amides is 3. The average Bonchev–Trinajstić information content (AvgIpc) is 2.73. The molecule has 1 heterocycles. The van der Waals surface area contributed by atoms with E-state index in [9.17, 15) is 18.8 Å². The van der Waals surface area contributed by atoms with Crippen molar-refractivity contribution in [3.63, 3.8) is 0 Å². The Morgan fingerprint density at radius 3 is 2.38 bits per heavy atom.